The zero-order chi connectivity index (χ0) is 9.84. The number of carbonyl (C=O) groups is 1. The first-order chi connectivity index (χ1) is 6.19. The van der Waals surface area contributed by atoms with Gasteiger partial charge in [0.2, 0.25) is 0 Å². The van der Waals surface area contributed by atoms with Gasteiger partial charge in [0.05, 0.1) is 0 Å². The van der Waals surface area contributed by atoms with Gasteiger partial charge >= 0.3 is 0 Å². The standard InChI is InChI=1S/C8H13N3OS/c1-6(2)4-11-7(5-12)9-10-8(11)13-3/h5-6H,4H2,1-3H3. The lowest BCUT2D eigenvalue weighted by molar-refractivity contribution is 0.110. The maximum Gasteiger partial charge on any atom is 0.197 e. The summed E-state index contributed by atoms with van der Waals surface area (Å²) in [6.45, 7) is 4.98. The Bertz CT molecular complexity index is 296. The van der Waals surface area contributed by atoms with Crippen LogP contribution in [0.25, 0.3) is 0 Å². The van der Waals surface area contributed by atoms with E-state index in [1.165, 1.54) is 11.8 Å². The summed E-state index contributed by atoms with van der Waals surface area (Å²) >= 11 is 1.50. The molecule has 0 bridgehead atoms. The lowest BCUT2D eigenvalue weighted by Crippen LogP contribution is -2.09. The molecule has 0 amide bonds. The van der Waals surface area contributed by atoms with E-state index in [0.29, 0.717) is 11.7 Å². The summed E-state index contributed by atoms with van der Waals surface area (Å²) in [5, 5.41) is 8.49. The minimum absolute atomic E-state index is 0.415. The van der Waals surface area contributed by atoms with Crippen molar-refractivity contribution in [2.24, 2.45) is 5.92 Å². The van der Waals surface area contributed by atoms with E-state index in [1.807, 2.05) is 10.8 Å². The number of carbonyl (C=O) groups excluding carboxylic acids is 1. The highest BCUT2D eigenvalue weighted by atomic mass is 32.2. The molecule has 1 aromatic heterocycles. The molecule has 4 nitrogen and oxygen atoms in total. The molecule has 0 N–H and O–H groups in total. The van der Waals surface area contributed by atoms with E-state index >= 15 is 0 Å². The number of hydrogen-bond acceptors (Lipinski definition) is 4. The molecule has 0 saturated carbocycles. The first-order valence-corrected chi connectivity index (χ1v) is 5.34. The molecule has 1 aromatic rings. The van der Waals surface area contributed by atoms with Crippen LogP contribution in [0.5, 0.6) is 0 Å². The van der Waals surface area contributed by atoms with Gasteiger partial charge in [0.15, 0.2) is 17.3 Å². The van der Waals surface area contributed by atoms with Gasteiger partial charge in [-0.3, -0.25) is 9.36 Å². The van der Waals surface area contributed by atoms with E-state index in [2.05, 4.69) is 24.0 Å². The van der Waals surface area contributed by atoms with Crippen molar-refractivity contribution in [3.63, 3.8) is 0 Å². The largest absolute Gasteiger partial charge is 0.300 e. The molecular formula is C8H13N3OS. The Morgan fingerprint density at radius 3 is 2.69 bits per heavy atom. The molecule has 1 heterocycles. The van der Waals surface area contributed by atoms with E-state index in [0.717, 1.165) is 18.0 Å². The second-order valence-electron chi connectivity index (χ2n) is 3.17. The molecule has 1 rings (SSSR count). The van der Waals surface area contributed by atoms with E-state index < -0.39 is 0 Å². The van der Waals surface area contributed by atoms with Gasteiger partial charge in [-0.15, -0.1) is 10.2 Å². The minimum atomic E-state index is 0.415. The molecule has 0 saturated heterocycles. The van der Waals surface area contributed by atoms with Crippen LogP contribution < -0.4 is 0 Å². The molecule has 0 unspecified atom stereocenters. The molecule has 0 atom stereocenters. The van der Waals surface area contributed by atoms with Gasteiger partial charge in [0.1, 0.15) is 0 Å². The Hall–Kier alpha value is -0.840. The number of nitrogens with zero attached hydrogens (tertiary/aromatic N) is 3. The van der Waals surface area contributed by atoms with Crippen LogP contribution in [0.3, 0.4) is 0 Å². The Morgan fingerprint density at radius 2 is 2.23 bits per heavy atom. The quantitative estimate of drug-likeness (QED) is 0.544. The van der Waals surface area contributed by atoms with Crippen molar-refractivity contribution in [1.82, 2.24) is 14.8 Å². The number of aldehydes is 1. The van der Waals surface area contributed by atoms with Crippen LogP contribution in [0, 0.1) is 5.92 Å². The predicted molar refractivity (Wildman–Crippen MR) is 52.0 cm³/mol. The first-order valence-electron chi connectivity index (χ1n) is 4.11. The maximum atomic E-state index is 10.6. The fraction of sp³-hybridized carbons (Fsp3) is 0.625. The lowest BCUT2D eigenvalue weighted by Gasteiger charge is -2.08. The zero-order valence-electron chi connectivity index (χ0n) is 8.02. The maximum absolute atomic E-state index is 10.6. The van der Waals surface area contributed by atoms with Crippen molar-refractivity contribution in [3.8, 4) is 0 Å². The molecule has 0 aliphatic rings. The minimum Gasteiger partial charge on any atom is -0.300 e. The van der Waals surface area contributed by atoms with E-state index in [1.54, 1.807) is 0 Å². The van der Waals surface area contributed by atoms with Crippen LogP contribution in [0.2, 0.25) is 0 Å². The molecule has 0 fully saturated rings. The number of aromatic nitrogens is 3. The lowest BCUT2D eigenvalue weighted by atomic mass is 10.2. The van der Waals surface area contributed by atoms with E-state index in [4.69, 9.17) is 0 Å². The number of rotatable bonds is 4. The molecule has 0 aliphatic heterocycles. The van der Waals surface area contributed by atoms with Crippen LogP contribution in [-0.4, -0.2) is 27.3 Å². The highest BCUT2D eigenvalue weighted by molar-refractivity contribution is 7.98. The normalized spacial score (nSPS) is 10.8. The van der Waals surface area contributed by atoms with Crippen molar-refractivity contribution in [3.05, 3.63) is 5.82 Å². The fourth-order valence-electron chi connectivity index (χ4n) is 1.07. The van der Waals surface area contributed by atoms with Gasteiger partial charge < -0.3 is 0 Å². The summed E-state index contributed by atoms with van der Waals surface area (Å²) in [5.41, 5.74) is 0. The summed E-state index contributed by atoms with van der Waals surface area (Å²) in [7, 11) is 0. The van der Waals surface area contributed by atoms with Crippen LogP contribution >= 0.6 is 11.8 Å². The Morgan fingerprint density at radius 1 is 1.54 bits per heavy atom. The SMILES string of the molecule is CSc1nnc(C=O)n1CC(C)C. The second-order valence-corrected chi connectivity index (χ2v) is 3.94. The Labute approximate surface area is 81.7 Å². The van der Waals surface area contributed by atoms with Gasteiger partial charge in [0.25, 0.3) is 0 Å². The van der Waals surface area contributed by atoms with Crippen molar-refractivity contribution < 1.29 is 4.79 Å². The Kier molecular flexibility index (Phi) is 3.48. The van der Waals surface area contributed by atoms with Gasteiger partial charge in [0, 0.05) is 6.54 Å². The van der Waals surface area contributed by atoms with Crippen molar-refractivity contribution >= 4 is 18.0 Å². The van der Waals surface area contributed by atoms with E-state index in [-0.39, 0.29) is 0 Å². The van der Waals surface area contributed by atoms with Crippen LogP contribution in [-0.2, 0) is 6.54 Å². The third-order valence-corrected chi connectivity index (χ3v) is 2.25. The van der Waals surface area contributed by atoms with Crippen molar-refractivity contribution in [2.45, 2.75) is 25.5 Å². The molecule has 0 aliphatic carbocycles. The average Bonchev–Trinajstić information content (AvgIpc) is 2.46. The van der Waals surface area contributed by atoms with Crippen LogP contribution in [0.4, 0.5) is 0 Å². The topological polar surface area (TPSA) is 47.8 Å². The molecule has 0 radical (unpaired) electrons. The van der Waals surface area contributed by atoms with Crippen LogP contribution in [0.1, 0.15) is 24.5 Å². The first kappa shape index (κ1) is 10.2. The molecule has 0 aromatic carbocycles. The third-order valence-electron chi connectivity index (χ3n) is 1.58. The van der Waals surface area contributed by atoms with Crippen molar-refractivity contribution in [2.75, 3.05) is 6.26 Å². The smallest absolute Gasteiger partial charge is 0.197 e. The fourth-order valence-corrected chi connectivity index (χ4v) is 1.59. The average molecular weight is 199 g/mol. The molecule has 5 heteroatoms. The summed E-state index contributed by atoms with van der Waals surface area (Å²) < 4.78 is 1.85. The third kappa shape index (κ3) is 2.30. The Balaban J connectivity index is 2.97. The molecule has 13 heavy (non-hydrogen) atoms. The molecule has 0 spiro atoms. The van der Waals surface area contributed by atoms with Gasteiger partial charge in [-0.05, 0) is 12.2 Å². The monoisotopic (exact) mass is 199 g/mol. The second kappa shape index (κ2) is 4.41. The summed E-state index contributed by atoms with van der Waals surface area (Å²) in [5.74, 6) is 0.902. The predicted octanol–water partition coefficient (Wildman–Crippen LogP) is 1.47. The van der Waals surface area contributed by atoms with Gasteiger partial charge in [-0.2, -0.15) is 0 Å². The summed E-state index contributed by atoms with van der Waals surface area (Å²) in [6.07, 6.45) is 2.67. The highest BCUT2D eigenvalue weighted by Gasteiger charge is 2.10. The summed E-state index contributed by atoms with van der Waals surface area (Å²) in [4.78, 5) is 10.6. The van der Waals surface area contributed by atoms with E-state index in [9.17, 15) is 4.79 Å². The van der Waals surface area contributed by atoms with Crippen molar-refractivity contribution in [1.29, 1.82) is 0 Å². The highest BCUT2D eigenvalue weighted by Crippen LogP contribution is 2.14. The van der Waals surface area contributed by atoms with Crippen LogP contribution in [0.15, 0.2) is 5.16 Å². The van der Waals surface area contributed by atoms with Gasteiger partial charge in [-0.1, -0.05) is 25.6 Å². The number of hydrogen-bond donors (Lipinski definition) is 0. The molecule has 72 valence electrons. The number of thioether (sulfide) groups is 1. The zero-order valence-corrected chi connectivity index (χ0v) is 8.84. The summed E-state index contributed by atoms with van der Waals surface area (Å²) in [6, 6.07) is 0. The molecular weight excluding hydrogens is 186 g/mol. The van der Waals surface area contributed by atoms with Gasteiger partial charge in [-0.25, -0.2) is 0 Å².